The molecule has 2 nitrogen and oxygen atoms in total. The van der Waals surface area contributed by atoms with E-state index in [1.807, 2.05) is 0 Å². The lowest BCUT2D eigenvalue weighted by Gasteiger charge is -2.09. The standard InChI is InChI=1S/C12H11F3N2/c1-7-3-10(12(14)15)9(4-11(7)13)8-5-16-17(2)6-8/h3-6,12H,1-2H3. The molecule has 2 aromatic rings. The first kappa shape index (κ1) is 11.7. The molecule has 0 aliphatic heterocycles. The predicted octanol–water partition coefficient (Wildman–Crippen LogP) is 3.47. The van der Waals surface area contributed by atoms with Crippen LogP contribution < -0.4 is 0 Å². The number of alkyl halides is 2. The molecule has 1 aromatic carbocycles. The fourth-order valence-electron chi connectivity index (χ4n) is 1.69. The molecule has 17 heavy (non-hydrogen) atoms. The Labute approximate surface area is 96.7 Å². The third-order valence-electron chi connectivity index (χ3n) is 2.58. The van der Waals surface area contributed by atoms with Crippen molar-refractivity contribution in [2.75, 3.05) is 0 Å². The van der Waals surface area contributed by atoms with E-state index < -0.39 is 12.2 Å². The second kappa shape index (κ2) is 4.24. The van der Waals surface area contributed by atoms with Crippen LogP contribution in [0.3, 0.4) is 0 Å². The van der Waals surface area contributed by atoms with E-state index in [0.717, 1.165) is 6.07 Å². The molecule has 1 aromatic heterocycles. The van der Waals surface area contributed by atoms with Crippen LogP contribution in [-0.4, -0.2) is 9.78 Å². The summed E-state index contributed by atoms with van der Waals surface area (Å²) in [6.45, 7) is 1.47. The number of benzene rings is 1. The van der Waals surface area contributed by atoms with Gasteiger partial charge in [-0.05, 0) is 30.2 Å². The van der Waals surface area contributed by atoms with E-state index in [0.29, 0.717) is 5.56 Å². The number of aryl methyl sites for hydroxylation is 2. The zero-order valence-electron chi connectivity index (χ0n) is 9.42. The number of aromatic nitrogens is 2. The van der Waals surface area contributed by atoms with Crippen LogP contribution in [0.2, 0.25) is 0 Å². The number of rotatable bonds is 2. The summed E-state index contributed by atoms with van der Waals surface area (Å²) in [4.78, 5) is 0. The van der Waals surface area contributed by atoms with Crippen molar-refractivity contribution >= 4 is 0 Å². The Morgan fingerprint density at radius 3 is 2.53 bits per heavy atom. The van der Waals surface area contributed by atoms with E-state index in [1.165, 1.54) is 23.9 Å². The highest BCUT2D eigenvalue weighted by Crippen LogP contribution is 2.32. The topological polar surface area (TPSA) is 17.8 Å². The summed E-state index contributed by atoms with van der Waals surface area (Å²) in [5, 5.41) is 3.89. The lowest BCUT2D eigenvalue weighted by Crippen LogP contribution is -1.94. The van der Waals surface area contributed by atoms with E-state index >= 15 is 0 Å². The Bertz CT molecular complexity index is 547. The Morgan fingerprint density at radius 1 is 1.29 bits per heavy atom. The molecule has 0 amide bonds. The summed E-state index contributed by atoms with van der Waals surface area (Å²) >= 11 is 0. The van der Waals surface area contributed by atoms with Crippen molar-refractivity contribution < 1.29 is 13.2 Å². The highest BCUT2D eigenvalue weighted by Gasteiger charge is 2.17. The zero-order chi connectivity index (χ0) is 12.6. The quantitative estimate of drug-likeness (QED) is 0.785. The molecular weight excluding hydrogens is 229 g/mol. The fraction of sp³-hybridized carbons (Fsp3) is 0.250. The Kier molecular flexibility index (Phi) is 2.92. The van der Waals surface area contributed by atoms with E-state index in [-0.39, 0.29) is 16.7 Å². The molecule has 90 valence electrons. The number of nitrogens with zero attached hydrogens (tertiary/aromatic N) is 2. The van der Waals surface area contributed by atoms with Gasteiger partial charge in [-0.2, -0.15) is 5.10 Å². The number of halogens is 3. The van der Waals surface area contributed by atoms with Gasteiger partial charge in [0.05, 0.1) is 6.20 Å². The Balaban J connectivity index is 2.63. The lowest BCUT2D eigenvalue weighted by atomic mass is 10.00. The van der Waals surface area contributed by atoms with Crippen molar-refractivity contribution in [3.8, 4) is 11.1 Å². The third kappa shape index (κ3) is 2.18. The van der Waals surface area contributed by atoms with Crippen LogP contribution in [-0.2, 0) is 7.05 Å². The smallest absolute Gasteiger partial charge is 0.264 e. The van der Waals surface area contributed by atoms with Crippen molar-refractivity contribution in [2.24, 2.45) is 7.05 Å². The Hall–Kier alpha value is -1.78. The zero-order valence-corrected chi connectivity index (χ0v) is 9.42. The van der Waals surface area contributed by atoms with Crippen molar-refractivity contribution in [3.63, 3.8) is 0 Å². The molecule has 0 unspecified atom stereocenters. The van der Waals surface area contributed by atoms with Crippen molar-refractivity contribution in [3.05, 3.63) is 41.5 Å². The van der Waals surface area contributed by atoms with Crippen molar-refractivity contribution in [2.45, 2.75) is 13.3 Å². The highest BCUT2D eigenvalue weighted by atomic mass is 19.3. The lowest BCUT2D eigenvalue weighted by molar-refractivity contribution is 0.152. The van der Waals surface area contributed by atoms with E-state index in [4.69, 9.17) is 0 Å². The maximum absolute atomic E-state index is 13.4. The van der Waals surface area contributed by atoms with Crippen LogP contribution in [0.4, 0.5) is 13.2 Å². The highest BCUT2D eigenvalue weighted by molar-refractivity contribution is 5.67. The van der Waals surface area contributed by atoms with E-state index in [9.17, 15) is 13.2 Å². The van der Waals surface area contributed by atoms with Crippen LogP contribution >= 0.6 is 0 Å². The maximum Gasteiger partial charge on any atom is 0.264 e. The minimum Gasteiger partial charge on any atom is -0.275 e. The molecule has 2 rings (SSSR count). The third-order valence-corrected chi connectivity index (χ3v) is 2.58. The van der Waals surface area contributed by atoms with Crippen LogP contribution in [0.25, 0.3) is 11.1 Å². The monoisotopic (exact) mass is 240 g/mol. The first-order chi connectivity index (χ1) is 7.99. The fourth-order valence-corrected chi connectivity index (χ4v) is 1.69. The summed E-state index contributed by atoms with van der Waals surface area (Å²) in [5.74, 6) is -0.492. The van der Waals surface area contributed by atoms with Gasteiger partial charge in [0.1, 0.15) is 5.82 Å². The molecule has 0 spiro atoms. The van der Waals surface area contributed by atoms with Crippen molar-refractivity contribution in [1.29, 1.82) is 0 Å². The van der Waals surface area contributed by atoms with E-state index in [2.05, 4.69) is 5.10 Å². The summed E-state index contributed by atoms with van der Waals surface area (Å²) < 4.78 is 40.7. The van der Waals surface area contributed by atoms with Gasteiger partial charge in [-0.15, -0.1) is 0 Å². The summed E-state index contributed by atoms with van der Waals surface area (Å²) in [6, 6.07) is 2.32. The van der Waals surface area contributed by atoms with Gasteiger partial charge >= 0.3 is 0 Å². The average molecular weight is 240 g/mol. The molecule has 0 bridgehead atoms. The van der Waals surface area contributed by atoms with Crippen LogP contribution in [0.1, 0.15) is 17.6 Å². The van der Waals surface area contributed by atoms with Crippen LogP contribution in [0.5, 0.6) is 0 Å². The molecule has 0 aliphatic carbocycles. The van der Waals surface area contributed by atoms with E-state index in [1.54, 1.807) is 13.2 Å². The Morgan fingerprint density at radius 2 is 2.00 bits per heavy atom. The predicted molar refractivity (Wildman–Crippen MR) is 58.3 cm³/mol. The number of hydrogen-bond acceptors (Lipinski definition) is 1. The molecule has 1 heterocycles. The minimum atomic E-state index is -2.63. The average Bonchev–Trinajstić information content (AvgIpc) is 2.68. The van der Waals surface area contributed by atoms with Gasteiger partial charge in [-0.1, -0.05) is 0 Å². The SMILES string of the molecule is Cc1cc(C(F)F)c(-c2cnn(C)c2)cc1F. The molecule has 0 N–H and O–H groups in total. The van der Waals surface area contributed by atoms with Gasteiger partial charge in [0.15, 0.2) is 0 Å². The first-order valence-electron chi connectivity index (χ1n) is 5.06. The van der Waals surface area contributed by atoms with Crippen LogP contribution in [0, 0.1) is 12.7 Å². The molecular formula is C12H11F3N2. The molecule has 0 fully saturated rings. The molecule has 0 radical (unpaired) electrons. The molecule has 0 atom stereocenters. The molecule has 0 aliphatic rings. The van der Waals surface area contributed by atoms with Gasteiger partial charge in [0, 0.05) is 24.4 Å². The summed E-state index contributed by atoms with van der Waals surface area (Å²) in [7, 11) is 1.68. The minimum absolute atomic E-state index is 0.170. The molecule has 5 heteroatoms. The maximum atomic E-state index is 13.4. The van der Waals surface area contributed by atoms with Gasteiger partial charge < -0.3 is 0 Å². The van der Waals surface area contributed by atoms with Crippen molar-refractivity contribution in [1.82, 2.24) is 9.78 Å². The summed E-state index contributed by atoms with van der Waals surface area (Å²) in [5.41, 5.74) is 0.725. The summed E-state index contributed by atoms with van der Waals surface area (Å²) in [6.07, 6.45) is 0.385. The largest absolute Gasteiger partial charge is 0.275 e. The van der Waals surface area contributed by atoms with Gasteiger partial charge in [-0.3, -0.25) is 4.68 Å². The van der Waals surface area contributed by atoms with Crippen LogP contribution in [0.15, 0.2) is 24.5 Å². The molecule has 0 saturated heterocycles. The van der Waals surface area contributed by atoms with Gasteiger partial charge in [-0.25, -0.2) is 13.2 Å². The normalized spacial score (nSPS) is 11.2. The second-order valence-electron chi connectivity index (χ2n) is 3.89. The molecule has 0 saturated carbocycles. The second-order valence-corrected chi connectivity index (χ2v) is 3.89. The first-order valence-corrected chi connectivity index (χ1v) is 5.06. The van der Waals surface area contributed by atoms with Gasteiger partial charge in [0.2, 0.25) is 0 Å². The van der Waals surface area contributed by atoms with Gasteiger partial charge in [0.25, 0.3) is 6.43 Å². The number of hydrogen-bond donors (Lipinski definition) is 0.